The zero-order valence-electron chi connectivity index (χ0n) is 14.8. The van der Waals surface area contributed by atoms with Crippen LogP contribution < -0.4 is 20.9 Å². The number of aryl methyl sites for hydroxylation is 1. The van der Waals surface area contributed by atoms with Gasteiger partial charge in [0.15, 0.2) is 0 Å². The highest BCUT2D eigenvalue weighted by Gasteiger charge is 2.08. The molecule has 0 aliphatic rings. The minimum Gasteiger partial charge on any atom is -0.495 e. The number of rotatable bonds is 7. The summed E-state index contributed by atoms with van der Waals surface area (Å²) in [5, 5.41) is 3.65. The van der Waals surface area contributed by atoms with Crippen molar-refractivity contribution in [1.82, 2.24) is 10.9 Å². The van der Waals surface area contributed by atoms with Crippen LogP contribution in [0.5, 0.6) is 5.75 Å². The van der Waals surface area contributed by atoms with Crippen LogP contribution in [0.3, 0.4) is 0 Å². The topological polar surface area (TPSA) is 79.5 Å². The molecule has 0 aliphatic carbocycles. The summed E-state index contributed by atoms with van der Waals surface area (Å²) in [5.41, 5.74) is 7.14. The minimum absolute atomic E-state index is 0.171. The fourth-order valence-corrected chi connectivity index (χ4v) is 2.45. The number of carbonyl (C=O) groups is 2. The maximum Gasteiger partial charge on any atom is 0.269 e. The van der Waals surface area contributed by atoms with Gasteiger partial charge in [-0.25, -0.2) is 0 Å². The van der Waals surface area contributed by atoms with Gasteiger partial charge in [-0.3, -0.25) is 20.4 Å². The summed E-state index contributed by atoms with van der Waals surface area (Å²) in [7, 11) is 1.56. The lowest BCUT2D eigenvalue weighted by Crippen LogP contribution is -2.42. The van der Waals surface area contributed by atoms with E-state index in [1.165, 1.54) is 0 Å². The van der Waals surface area contributed by atoms with Crippen molar-refractivity contribution in [3.8, 4) is 5.75 Å². The molecule has 0 saturated carbocycles. The lowest BCUT2D eigenvalue weighted by molar-refractivity contribution is -0.121. The van der Waals surface area contributed by atoms with Crippen LogP contribution in [0.15, 0.2) is 42.5 Å². The number of hydrogen-bond donors (Lipinski definition) is 3. The third-order valence-electron chi connectivity index (χ3n) is 3.77. The second-order valence-electron chi connectivity index (χ2n) is 5.57. The van der Waals surface area contributed by atoms with Gasteiger partial charge in [0.25, 0.3) is 5.91 Å². The molecular weight excluding hydrogens is 354 g/mol. The molecule has 0 bridgehead atoms. The Morgan fingerprint density at radius 3 is 2.46 bits per heavy atom. The number of nitrogens with one attached hydrogen (secondary N) is 3. The first-order chi connectivity index (χ1) is 12.5. The first-order valence-corrected chi connectivity index (χ1v) is 8.66. The van der Waals surface area contributed by atoms with E-state index in [2.05, 4.69) is 16.2 Å². The number of benzene rings is 2. The minimum atomic E-state index is -0.356. The van der Waals surface area contributed by atoms with E-state index in [-0.39, 0.29) is 18.2 Å². The molecule has 0 radical (unpaired) electrons. The van der Waals surface area contributed by atoms with Gasteiger partial charge >= 0.3 is 0 Å². The third-order valence-corrected chi connectivity index (χ3v) is 4.00. The summed E-state index contributed by atoms with van der Waals surface area (Å²) in [5.74, 6) is -0.0267. The SMILES string of the molecule is CCc1ccc(C(=O)NNC(=O)CCNc2cc(Cl)ccc2OC)cc1. The van der Waals surface area contributed by atoms with Gasteiger partial charge in [0.1, 0.15) is 5.75 Å². The van der Waals surface area contributed by atoms with Crippen molar-refractivity contribution in [1.29, 1.82) is 0 Å². The summed E-state index contributed by atoms with van der Waals surface area (Å²) in [6.07, 6.45) is 1.08. The summed E-state index contributed by atoms with van der Waals surface area (Å²) in [6, 6.07) is 12.4. The summed E-state index contributed by atoms with van der Waals surface area (Å²) < 4.78 is 5.22. The second kappa shape index (κ2) is 9.68. The Bertz CT molecular complexity index is 763. The van der Waals surface area contributed by atoms with E-state index in [1.54, 1.807) is 37.4 Å². The van der Waals surface area contributed by atoms with Gasteiger partial charge in [0, 0.05) is 23.6 Å². The van der Waals surface area contributed by atoms with Crippen molar-refractivity contribution < 1.29 is 14.3 Å². The van der Waals surface area contributed by atoms with Crippen molar-refractivity contribution in [3.63, 3.8) is 0 Å². The molecular formula is C19H22ClN3O3. The quantitative estimate of drug-likeness (QED) is 0.649. The fraction of sp³-hybridized carbons (Fsp3) is 0.263. The van der Waals surface area contributed by atoms with Gasteiger partial charge in [0.2, 0.25) is 5.91 Å². The molecule has 26 heavy (non-hydrogen) atoms. The normalized spacial score (nSPS) is 10.1. The van der Waals surface area contributed by atoms with E-state index >= 15 is 0 Å². The maximum atomic E-state index is 12.0. The fourth-order valence-electron chi connectivity index (χ4n) is 2.28. The average Bonchev–Trinajstić information content (AvgIpc) is 2.66. The number of carbonyl (C=O) groups excluding carboxylic acids is 2. The summed E-state index contributed by atoms with van der Waals surface area (Å²) in [6.45, 7) is 2.41. The Morgan fingerprint density at radius 2 is 1.81 bits per heavy atom. The number of amides is 2. The zero-order valence-corrected chi connectivity index (χ0v) is 15.5. The largest absolute Gasteiger partial charge is 0.495 e. The maximum absolute atomic E-state index is 12.0. The highest BCUT2D eigenvalue weighted by atomic mass is 35.5. The molecule has 6 nitrogen and oxygen atoms in total. The van der Waals surface area contributed by atoms with Crippen LogP contribution in [0.2, 0.25) is 5.02 Å². The Morgan fingerprint density at radius 1 is 1.08 bits per heavy atom. The number of anilines is 1. The number of ether oxygens (including phenoxy) is 1. The van der Waals surface area contributed by atoms with Crippen molar-refractivity contribution in [2.24, 2.45) is 0 Å². The smallest absolute Gasteiger partial charge is 0.269 e. The van der Waals surface area contributed by atoms with E-state index in [0.29, 0.717) is 28.6 Å². The molecule has 0 spiro atoms. The van der Waals surface area contributed by atoms with Gasteiger partial charge < -0.3 is 10.1 Å². The van der Waals surface area contributed by atoms with Gasteiger partial charge in [-0.2, -0.15) is 0 Å². The number of methoxy groups -OCH3 is 1. The molecule has 0 saturated heterocycles. The predicted octanol–water partition coefficient (Wildman–Crippen LogP) is 3.17. The lowest BCUT2D eigenvalue weighted by Gasteiger charge is -2.12. The molecule has 0 heterocycles. The van der Waals surface area contributed by atoms with E-state index < -0.39 is 0 Å². The molecule has 2 amide bonds. The Labute approximate surface area is 157 Å². The Kier molecular flexibility index (Phi) is 7.29. The zero-order chi connectivity index (χ0) is 18.9. The van der Waals surface area contributed by atoms with E-state index in [1.807, 2.05) is 19.1 Å². The van der Waals surface area contributed by atoms with Gasteiger partial charge in [0.05, 0.1) is 12.8 Å². The Balaban J connectivity index is 1.76. The number of halogens is 1. The predicted molar refractivity (Wildman–Crippen MR) is 103 cm³/mol. The lowest BCUT2D eigenvalue weighted by atomic mass is 10.1. The molecule has 138 valence electrons. The van der Waals surface area contributed by atoms with Crippen LogP contribution in [-0.4, -0.2) is 25.5 Å². The molecule has 0 unspecified atom stereocenters. The third kappa shape index (κ3) is 5.67. The number of hydrazine groups is 1. The molecule has 2 aromatic rings. The number of hydrogen-bond acceptors (Lipinski definition) is 4. The molecule has 7 heteroatoms. The standard InChI is InChI=1S/C19H22ClN3O3/c1-3-13-4-6-14(7-5-13)19(25)23-22-18(24)10-11-21-16-12-15(20)8-9-17(16)26-2/h4-9,12,21H,3,10-11H2,1-2H3,(H,22,24)(H,23,25). The molecule has 0 fully saturated rings. The average molecular weight is 376 g/mol. The first-order valence-electron chi connectivity index (χ1n) is 8.29. The molecule has 2 aromatic carbocycles. The molecule has 2 rings (SSSR count). The molecule has 0 atom stereocenters. The van der Waals surface area contributed by atoms with E-state index in [9.17, 15) is 9.59 Å². The second-order valence-corrected chi connectivity index (χ2v) is 6.01. The molecule has 0 aromatic heterocycles. The van der Waals surface area contributed by atoms with E-state index in [4.69, 9.17) is 16.3 Å². The van der Waals surface area contributed by atoms with Gasteiger partial charge in [-0.05, 0) is 42.3 Å². The highest BCUT2D eigenvalue weighted by molar-refractivity contribution is 6.30. The van der Waals surface area contributed by atoms with Crippen LogP contribution in [0, 0.1) is 0 Å². The Hall–Kier alpha value is -2.73. The van der Waals surface area contributed by atoms with Crippen LogP contribution in [0.4, 0.5) is 5.69 Å². The van der Waals surface area contributed by atoms with Crippen LogP contribution in [0.1, 0.15) is 29.3 Å². The summed E-state index contributed by atoms with van der Waals surface area (Å²) in [4.78, 5) is 23.9. The van der Waals surface area contributed by atoms with Crippen LogP contribution in [-0.2, 0) is 11.2 Å². The molecule has 3 N–H and O–H groups in total. The van der Waals surface area contributed by atoms with Crippen molar-refractivity contribution in [2.45, 2.75) is 19.8 Å². The van der Waals surface area contributed by atoms with Crippen molar-refractivity contribution >= 4 is 29.1 Å². The molecule has 0 aliphatic heterocycles. The van der Waals surface area contributed by atoms with Crippen molar-refractivity contribution in [3.05, 3.63) is 58.6 Å². The van der Waals surface area contributed by atoms with Gasteiger partial charge in [-0.1, -0.05) is 30.7 Å². The van der Waals surface area contributed by atoms with Crippen LogP contribution >= 0.6 is 11.6 Å². The summed E-state index contributed by atoms with van der Waals surface area (Å²) >= 11 is 5.95. The van der Waals surface area contributed by atoms with Gasteiger partial charge in [-0.15, -0.1) is 0 Å². The van der Waals surface area contributed by atoms with Crippen LogP contribution in [0.25, 0.3) is 0 Å². The van der Waals surface area contributed by atoms with Crippen molar-refractivity contribution in [2.75, 3.05) is 19.0 Å². The highest BCUT2D eigenvalue weighted by Crippen LogP contribution is 2.27. The van der Waals surface area contributed by atoms with E-state index in [0.717, 1.165) is 12.0 Å². The first kappa shape index (κ1) is 19.6. The monoisotopic (exact) mass is 375 g/mol.